The molecule has 0 aliphatic rings. The van der Waals surface area contributed by atoms with Crippen LogP contribution in [0.3, 0.4) is 0 Å². The maximum absolute atomic E-state index is 11.7. The maximum Gasteiger partial charge on any atom is 0.277 e. The number of rotatable bonds is 9. The van der Waals surface area contributed by atoms with Crippen molar-refractivity contribution in [3.63, 3.8) is 0 Å². The minimum atomic E-state index is -0.413. The van der Waals surface area contributed by atoms with E-state index in [-0.39, 0.29) is 13.2 Å². The molecule has 0 atom stereocenters. The van der Waals surface area contributed by atoms with Gasteiger partial charge in [0, 0.05) is 0 Å². The number of amides is 2. The van der Waals surface area contributed by atoms with Crippen molar-refractivity contribution in [1.29, 1.82) is 0 Å². The first-order chi connectivity index (χ1) is 14.3. The van der Waals surface area contributed by atoms with Crippen LogP contribution in [0.2, 0.25) is 0 Å². The first-order valence-corrected chi connectivity index (χ1v) is 9.37. The average Bonchev–Trinajstić information content (AvgIpc) is 2.72. The zero-order valence-electron chi connectivity index (χ0n) is 17.6. The zero-order chi connectivity index (χ0) is 21.9. The van der Waals surface area contributed by atoms with Crippen LogP contribution in [0.1, 0.15) is 22.3 Å². The highest BCUT2D eigenvalue weighted by Gasteiger charge is 2.03. The monoisotopic (exact) mass is 410 g/mol. The summed E-state index contributed by atoms with van der Waals surface area (Å²) in [5, 5.41) is 7.37. The Morgan fingerprint density at radius 1 is 0.733 bits per heavy atom. The molecule has 0 fully saturated rings. The predicted octanol–water partition coefficient (Wildman–Crippen LogP) is 2.58. The Hall–Kier alpha value is -3.68. The van der Waals surface area contributed by atoms with Gasteiger partial charge >= 0.3 is 0 Å². The lowest BCUT2D eigenvalue weighted by Gasteiger charge is -2.07. The molecule has 8 heteroatoms. The molecule has 2 rings (SSSR count). The van der Waals surface area contributed by atoms with Gasteiger partial charge in [-0.2, -0.15) is 10.2 Å². The molecule has 0 saturated carbocycles. The number of carbonyl (C=O) groups excluding carboxylic acids is 2. The van der Waals surface area contributed by atoms with Crippen LogP contribution in [0, 0.1) is 27.7 Å². The Bertz CT molecular complexity index is 877. The molecule has 8 nitrogen and oxygen atoms in total. The Morgan fingerprint density at radius 3 is 1.50 bits per heavy atom. The second-order valence-corrected chi connectivity index (χ2v) is 6.70. The smallest absolute Gasteiger partial charge is 0.277 e. The van der Waals surface area contributed by atoms with E-state index >= 15 is 0 Å². The summed E-state index contributed by atoms with van der Waals surface area (Å²) >= 11 is 0. The highest BCUT2D eigenvalue weighted by Crippen LogP contribution is 2.17. The molecular weight excluding hydrogens is 384 g/mol. The van der Waals surface area contributed by atoms with Crippen LogP contribution in [-0.2, 0) is 9.59 Å². The van der Waals surface area contributed by atoms with Crippen LogP contribution in [0.15, 0.2) is 46.6 Å². The lowest BCUT2D eigenvalue weighted by molar-refractivity contribution is -0.123. The Labute approximate surface area is 176 Å². The molecule has 0 unspecified atom stereocenters. The number of ether oxygens (including phenoxy) is 2. The predicted molar refractivity (Wildman–Crippen MR) is 116 cm³/mol. The standard InChI is InChI=1S/C22H26N4O4/c1-15-5-7-19(11-17(15)3)29-13-21(27)25-23-9-10-24-26-22(28)14-30-20-8-6-16(2)18(4)12-20/h5-12H,13-14H2,1-4H3,(H,25,27)(H,26,28)/b23-9+,24-10+. The average molecular weight is 410 g/mol. The molecule has 0 heterocycles. The van der Waals surface area contributed by atoms with E-state index in [1.54, 1.807) is 12.1 Å². The molecular formula is C22H26N4O4. The van der Waals surface area contributed by atoms with E-state index in [9.17, 15) is 9.59 Å². The quantitative estimate of drug-likeness (QED) is 0.490. The molecule has 0 radical (unpaired) electrons. The van der Waals surface area contributed by atoms with Gasteiger partial charge in [0.15, 0.2) is 13.2 Å². The summed E-state index contributed by atoms with van der Waals surface area (Å²) in [4.78, 5) is 23.4. The van der Waals surface area contributed by atoms with E-state index in [1.165, 1.54) is 12.4 Å². The van der Waals surface area contributed by atoms with Gasteiger partial charge in [0.05, 0.1) is 12.4 Å². The van der Waals surface area contributed by atoms with Crippen molar-refractivity contribution < 1.29 is 19.1 Å². The van der Waals surface area contributed by atoms with Crippen LogP contribution >= 0.6 is 0 Å². The van der Waals surface area contributed by atoms with Gasteiger partial charge in [-0.25, -0.2) is 10.9 Å². The molecule has 0 spiro atoms. The van der Waals surface area contributed by atoms with Crippen LogP contribution in [0.5, 0.6) is 11.5 Å². The van der Waals surface area contributed by atoms with Crippen molar-refractivity contribution in [2.24, 2.45) is 10.2 Å². The summed E-state index contributed by atoms with van der Waals surface area (Å²) in [5.74, 6) is 0.404. The van der Waals surface area contributed by atoms with Crippen molar-refractivity contribution in [1.82, 2.24) is 10.9 Å². The molecule has 158 valence electrons. The highest BCUT2D eigenvalue weighted by molar-refractivity contribution is 6.16. The second-order valence-electron chi connectivity index (χ2n) is 6.70. The third-order valence-corrected chi connectivity index (χ3v) is 4.29. The third-order valence-electron chi connectivity index (χ3n) is 4.29. The van der Waals surface area contributed by atoms with E-state index in [0.29, 0.717) is 11.5 Å². The molecule has 0 saturated heterocycles. The van der Waals surface area contributed by atoms with Gasteiger partial charge in [-0.15, -0.1) is 0 Å². The topological polar surface area (TPSA) is 101 Å². The number of hydrazone groups is 2. The lowest BCUT2D eigenvalue weighted by Crippen LogP contribution is -2.25. The minimum Gasteiger partial charge on any atom is -0.484 e. The summed E-state index contributed by atoms with van der Waals surface area (Å²) in [6.45, 7) is 7.62. The zero-order valence-corrected chi connectivity index (χ0v) is 17.6. The Balaban J connectivity index is 1.63. The number of aryl methyl sites for hydroxylation is 4. The van der Waals surface area contributed by atoms with Gasteiger partial charge in [-0.05, 0) is 74.2 Å². The molecule has 2 aromatic carbocycles. The van der Waals surface area contributed by atoms with Gasteiger partial charge < -0.3 is 9.47 Å². The van der Waals surface area contributed by atoms with Gasteiger partial charge in [-0.1, -0.05) is 12.1 Å². The van der Waals surface area contributed by atoms with Crippen LogP contribution < -0.4 is 20.3 Å². The fourth-order valence-corrected chi connectivity index (χ4v) is 2.25. The van der Waals surface area contributed by atoms with Gasteiger partial charge in [0.25, 0.3) is 11.8 Å². The minimum absolute atomic E-state index is 0.163. The summed E-state index contributed by atoms with van der Waals surface area (Å²) in [6, 6.07) is 11.2. The van der Waals surface area contributed by atoms with E-state index in [1.807, 2.05) is 52.0 Å². The van der Waals surface area contributed by atoms with E-state index in [2.05, 4.69) is 21.1 Å². The molecule has 0 aromatic heterocycles. The van der Waals surface area contributed by atoms with Crippen molar-refractivity contribution in [2.75, 3.05) is 13.2 Å². The van der Waals surface area contributed by atoms with Crippen LogP contribution in [0.4, 0.5) is 0 Å². The number of hydrogen-bond donors (Lipinski definition) is 2. The first kappa shape index (κ1) is 22.6. The summed E-state index contributed by atoms with van der Waals surface area (Å²) in [5.41, 5.74) is 9.08. The van der Waals surface area contributed by atoms with Crippen molar-refractivity contribution in [3.05, 3.63) is 58.7 Å². The van der Waals surface area contributed by atoms with E-state index in [4.69, 9.17) is 9.47 Å². The summed E-state index contributed by atoms with van der Waals surface area (Å²) in [7, 11) is 0. The fourth-order valence-electron chi connectivity index (χ4n) is 2.25. The summed E-state index contributed by atoms with van der Waals surface area (Å²) < 4.78 is 10.8. The lowest BCUT2D eigenvalue weighted by atomic mass is 10.1. The normalized spacial score (nSPS) is 10.9. The molecule has 2 aromatic rings. The van der Waals surface area contributed by atoms with Crippen molar-refractivity contribution in [3.8, 4) is 11.5 Å². The number of carbonyl (C=O) groups is 2. The van der Waals surface area contributed by atoms with Crippen molar-refractivity contribution >= 4 is 24.2 Å². The number of benzene rings is 2. The Kier molecular flexibility index (Phi) is 8.56. The second kappa shape index (κ2) is 11.4. The van der Waals surface area contributed by atoms with E-state index in [0.717, 1.165) is 22.3 Å². The Morgan fingerprint density at radius 2 is 1.13 bits per heavy atom. The maximum atomic E-state index is 11.7. The molecule has 2 amide bonds. The highest BCUT2D eigenvalue weighted by atomic mass is 16.5. The molecule has 0 bridgehead atoms. The molecule has 0 aliphatic carbocycles. The van der Waals surface area contributed by atoms with E-state index < -0.39 is 11.8 Å². The van der Waals surface area contributed by atoms with Gasteiger partial charge in [0.1, 0.15) is 11.5 Å². The fraction of sp³-hybridized carbons (Fsp3) is 0.273. The van der Waals surface area contributed by atoms with Crippen molar-refractivity contribution in [2.45, 2.75) is 27.7 Å². The van der Waals surface area contributed by atoms with Gasteiger partial charge in [-0.3, -0.25) is 9.59 Å². The van der Waals surface area contributed by atoms with Crippen LogP contribution in [0.25, 0.3) is 0 Å². The summed E-state index contributed by atoms with van der Waals surface area (Å²) in [6.07, 6.45) is 2.47. The van der Waals surface area contributed by atoms with Gasteiger partial charge in [0.2, 0.25) is 0 Å². The van der Waals surface area contributed by atoms with Crippen LogP contribution in [-0.4, -0.2) is 37.5 Å². The number of nitrogens with zero attached hydrogens (tertiary/aromatic N) is 2. The SMILES string of the molecule is Cc1ccc(OCC(=O)N/N=C/C=N/NC(=O)COc2ccc(C)c(C)c2)cc1C. The molecule has 0 aliphatic heterocycles. The molecule has 2 N–H and O–H groups in total. The largest absolute Gasteiger partial charge is 0.484 e. The molecule has 30 heavy (non-hydrogen) atoms. The first-order valence-electron chi connectivity index (χ1n) is 9.37. The number of hydrogen-bond acceptors (Lipinski definition) is 6. The number of nitrogens with one attached hydrogen (secondary N) is 2. The third kappa shape index (κ3) is 7.75.